The number of carbonyl (C=O) groups excluding carboxylic acids is 2. The van der Waals surface area contributed by atoms with Crippen molar-refractivity contribution in [3.63, 3.8) is 0 Å². The van der Waals surface area contributed by atoms with Gasteiger partial charge in [0.15, 0.2) is 0 Å². The summed E-state index contributed by atoms with van der Waals surface area (Å²) < 4.78 is 8.88. The van der Waals surface area contributed by atoms with Crippen LogP contribution in [0.15, 0.2) is 0 Å². The summed E-state index contributed by atoms with van der Waals surface area (Å²) in [6.45, 7) is -0.245. The molecule has 0 bridgehead atoms. The summed E-state index contributed by atoms with van der Waals surface area (Å²) in [6, 6.07) is 0. The van der Waals surface area contributed by atoms with Crippen molar-refractivity contribution in [3.8, 4) is 0 Å². The lowest BCUT2D eigenvalue weighted by atomic mass is 10.1. The number of ether oxygens (including phenoxy) is 2. The van der Waals surface area contributed by atoms with Gasteiger partial charge in [-0.25, -0.2) is 4.79 Å². The zero-order valence-corrected chi connectivity index (χ0v) is 9.23. The topological polar surface area (TPSA) is 89.9 Å². The monoisotopic (exact) mass is 232 g/mol. The van der Waals surface area contributed by atoms with Crippen LogP contribution in [0.4, 0.5) is 0 Å². The van der Waals surface area contributed by atoms with Gasteiger partial charge in [0.25, 0.3) is 0 Å². The Morgan fingerprint density at radius 2 is 1.62 bits per heavy atom. The number of carboxylic acid groups (broad SMARTS) is 1. The van der Waals surface area contributed by atoms with E-state index in [1.54, 1.807) is 0 Å². The van der Waals surface area contributed by atoms with Crippen molar-refractivity contribution in [1.29, 1.82) is 0 Å². The molecular formula is C10H16O6. The van der Waals surface area contributed by atoms with E-state index < -0.39 is 17.9 Å². The van der Waals surface area contributed by atoms with Crippen molar-refractivity contribution >= 4 is 17.9 Å². The zero-order chi connectivity index (χ0) is 12.4. The third-order valence-corrected chi connectivity index (χ3v) is 1.76. The first-order valence-electron chi connectivity index (χ1n) is 5.00. The van der Waals surface area contributed by atoms with E-state index in [4.69, 9.17) is 5.11 Å². The minimum absolute atomic E-state index is 0.0949. The lowest BCUT2D eigenvalue weighted by molar-refractivity contribution is -0.162. The van der Waals surface area contributed by atoms with Gasteiger partial charge in [0.2, 0.25) is 0 Å². The van der Waals surface area contributed by atoms with Crippen LogP contribution in [-0.4, -0.2) is 36.7 Å². The number of esters is 2. The van der Waals surface area contributed by atoms with Crippen LogP contribution in [0.5, 0.6) is 0 Å². The average molecular weight is 232 g/mol. The Balaban J connectivity index is 3.43. The molecule has 0 radical (unpaired) electrons. The summed E-state index contributed by atoms with van der Waals surface area (Å²) in [4.78, 5) is 32.0. The number of methoxy groups -OCH3 is 1. The summed E-state index contributed by atoms with van der Waals surface area (Å²) >= 11 is 0. The van der Waals surface area contributed by atoms with Gasteiger partial charge in [0.05, 0.1) is 0 Å². The predicted molar refractivity (Wildman–Crippen MR) is 53.7 cm³/mol. The SMILES string of the molecule is COCC(=O)OC(=O)CCCCCC(=O)O. The van der Waals surface area contributed by atoms with Gasteiger partial charge >= 0.3 is 17.9 Å². The minimum atomic E-state index is -0.849. The Hall–Kier alpha value is -1.43. The molecule has 0 amide bonds. The normalized spacial score (nSPS) is 9.81. The van der Waals surface area contributed by atoms with E-state index >= 15 is 0 Å². The molecule has 6 heteroatoms. The molecule has 0 fully saturated rings. The predicted octanol–water partition coefficient (Wildman–Crippen LogP) is 0.738. The van der Waals surface area contributed by atoms with E-state index in [0.29, 0.717) is 19.3 Å². The number of carbonyl (C=O) groups is 3. The lowest BCUT2D eigenvalue weighted by Gasteiger charge is -2.01. The second kappa shape index (κ2) is 8.84. The summed E-state index contributed by atoms with van der Waals surface area (Å²) in [5, 5.41) is 8.35. The van der Waals surface area contributed by atoms with E-state index in [1.807, 2.05) is 0 Å². The van der Waals surface area contributed by atoms with Gasteiger partial charge in [-0.2, -0.15) is 0 Å². The largest absolute Gasteiger partial charge is 0.481 e. The fourth-order valence-corrected chi connectivity index (χ4v) is 1.05. The first-order chi connectivity index (χ1) is 7.56. The van der Waals surface area contributed by atoms with Crippen molar-refractivity contribution in [2.75, 3.05) is 13.7 Å². The molecule has 6 nitrogen and oxygen atoms in total. The summed E-state index contributed by atoms with van der Waals surface area (Å²) in [5.74, 6) is -2.16. The van der Waals surface area contributed by atoms with Gasteiger partial charge in [-0.1, -0.05) is 6.42 Å². The molecule has 0 aromatic heterocycles. The summed E-state index contributed by atoms with van der Waals surface area (Å²) in [6.07, 6.45) is 1.88. The van der Waals surface area contributed by atoms with Crippen LogP contribution < -0.4 is 0 Å². The molecule has 0 heterocycles. The molecule has 0 aromatic rings. The lowest BCUT2D eigenvalue weighted by Crippen LogP contribution is -2.16. The van der Waals surface area contributed by atoms with Crippen LogP contribution in [0.1, 0.15) is 32.1 Å². The average Bonchev–Trinajstić information content (AvgIpc) is 2.16. The number of unbranched alkanes of at least 4 members (excludes halogenated alkanes) is 2. The highest BCUT2D eigenvalue weighted by atomic mass is 16.6. The van der Waals surface area contributed by atoms with Gasteiger partial charge < -0.3 is 14.6 Å². The van der Waals surface area contributed by atoms with Crippen LogP contribution in [0, 0.1) is 0 Å². The molecule has 0 atom stereocenters. The standard InChI is InChI=1S/C10H16O6/c1-15-7-10(14)16-9(13)6-4-2-3-5-8(11)12/h2-7H2,1H3,(H,11,12). The van der Waals surface area contributed by atoms with Gasteiger partial charge in [0, 0.05) is 20.0 Å². The molecular weight excluding hydrogens is 216 g/mol. The molecule has 0 aromatic carbocycles. The molecule has 0 spiro atoms. The van der Waals surface area contributed by atoms with Gasteiger partial charge in [0.1, 0.15) is 6.61 Å². The second-order valence-corrected chi connectivity index (χ2v) is 3.23. The Morgan fingerprint density at radius 1 is 1.00 bits per heavy atom. The fourth-order valence-electron chi connectivity index (χ4n) is 1.05. The van der Waals surface area contributed by atoms with Crippen molar-refractivity contribution in [3.05, 3.63) is 0 Å². The molecule has 0 rings (SSSR count). The van der Waals surface area contributed by atoms with Gasteiger partial charge in [-0.3, -0.25) is 9.59 Å². The molecule has 1 N–H and O–H groups in total. The van der Waals surface area contributed by atoms with Gasteiger partial charge in [-0.15, -0.1) is 0 Å². The number of rotatable bonds is 8. The van der Waals surface area contributed by atoms with E-state index in [-0.39, 0.29) is 19.4 Å². The van der Waals surface area contributed by atoms with Crippen LogP contribution in [0.3, 0.4) is 0 Å². The minimum Gasteiger partial charge on any atom is -0.481 e. The highest BCUT2D eigenvalue weighted by molar-refractivity contribution is 5.85. The molecule has 0 aliphatic heterocycles. The quantitative estimate of drug-likeness (QED) is 0.377. The van der Waals surface area contributed by atoms with Crippen LogP contribution >= 0.6 is 0 Å². The van der Waals surface area contributed by atoms with Crippen molar-refractivity contribution < 1.29 is 29.0 Å². The molecule has 0 saturated carbocycles. The summed E-state index contributed by atoms with van der Waals surface area (Å²) in [7, 11) is 1.33. The molecule has 0 unspecified atom stereocenters. The zero-order valence-electron chi connectivity index (χ0n) is 9.23. The maximum Gasteiger partial charge on any atom is 0.339 e. The molecule has 16 heavy (non-hydrogen) atoms. The van der Waals surface area contributed by atoms with E-state index in [2.05, 4.69) is 9.47 Å². The Morgan fingerprint density at radius 3 is 2.19 bits per heavy atom. The Bertz CT molecular complexity index is 248. The van der Waals surface area contributed by atoms with Crippen molar-refractivity contribution in [2.24, 2.45) is 0 Å². The molecule has 92 valence electrons. The second-order valence-electron chi connectivity index (χ2n) is 3.23. The number of hydrogen-bond acceptors (Lipinski definition) is 5. The highest BCUT2D eigenvalue weighted by Crippen LogP contribution is 2.04. The number of hydrogen-bond donors (Lipinski definition) is 1. The first kappa shape index (κ1) is 14.6. The van der Waals surface area contributed by atoms with E-state index in [0.717, 1.165) is 0 Å². The highest BCUT2D eigenvalue weighted by Gasteiger charge is 2.09. The Kier molecular flexibility index (Phi) is 8.05. The molecule has 0 saturated heterocycles. The van der Waals surface area contributed by atoms with Crippen molar-refractivity contribution in [2.45, 2.75) is 32.1 Å². The van der Waals surface area contributed by atoms with Crippen LogP contribution in [0.25, 0.3) is 0 Å². The maximum atomic E-state index is 11.0. The van der Waals surface area contributed by atoms with Crippen LogP contribution in [-0.2, 0) is 23.9 Å². The molecule has 0 aliphatic rings. The number of carboxylic acids is 1. The maximum absolute atomic E-state index is 11.0. The van der Waals surface area contributed by atoms with Crippen molar-refractivity contribution in [1.82, 2.24) is 0 Å². The van der Waals surface area contributed by atoms with E-state index in [1.165, 1.54) is 7.11 Å². The number of aliphatic carboxylic acids is 1. The van der Waals surface area contributed by atoms with E-state index in [9.17, 15) is 14.4 Å². The molecule has 0 aliphatic carbocycles. The van der Waals surface area contributed by atoms with Crippen LogP contribution in [0.2, 0.25) is 0 Å². The Labute approximate surface area is 93.5 Å². The third kappa shape index (κ3) is 9.14. The first-order valence-corrected chi connectivity index (χ1v) is 5.00. The van der Waals surface area contributed by atoms with Gasteiger partial charge in [-0.05, 0) is 12.8 Å². The third-order valence-electron chi connectivity index (χ3n) is 1.76. The fraction of sp³-hybridized carbons (Fsp3) is 0.700. The smallest absolute Gasteiger partial charge is 0.339 e. The summed E-state index contributed by atoms with van der Waals surface area (Å²) in [5.41, 5.74) is 0.